The summed E-state index contributed by atoms with van der Waals surface area (Å²) < 4.78 is 0. The first-order valence-corrected chi connectivity index (χ1v) is 5.47. The van der Waals surface area contributed by atoms with Gasteiger partial charge in [0.1, 0.15) is 0 Å². The van der Waals surface area contributed by atoms with Crippen LogP contribution in [0.5, 0.6) is 0 Å². The summed E-state index contributed by atoms with van der Waals surface area (Å²) in [7, 11) is 0. The van der Waals surface area contributed by atoms with Crippen molar-refractivity contribution in [1.29, 1.82) is 0 Å². The maximum Gasteiger partial charge on any atom is 0.0433 e. The van der Waals surface area contributed by atoms with E-state index in [0.717, 1.165) is 18.3 Å². The van der Waals surface area contributed by atoms with Gasteiger partial charge in [0.2, 0.25) is 0 Å². The molecule has 12 heavy (non-hydrogen) atoms. The van der Waals surface area contributed by atoms with Crippen molar-refractivity contribution in [2.75, 3.05) is 6.61 Å². The lowest BCUT2D eigenvalue weighted by molar-refractivity contribution is 0.201. The zero-order valence-electron chi connectivity index (χ0n) is 8.26. The molecule has 0 saturated heterocycles. The zero-order valence-corrected chi connectivity index (χ0v) is 8.26. The molecule has 72 valence electrons. The molecule has 1 nitrogen and oxygen atoms in total. The van der Waals surface area contributed by atoms with Crippen LogP contribution >= 0.6 is 0 Å². The topological polar surface area (TPSA) is 20.2 Å². The highest BCUT2D eigenvalue weighted by atomic mass is 16.3. The minimum Gasteiger partial charge on any atom is -0.396 e. The van der Waals surface area contributed by atoms with Crippen LogP contribution in [0.4, 0.5) is 0 Å². The largest absolute Gasteiger partial charge is 0.396 e. The van der Waals surface area contributed by atoms with E-state index < -0.39 is 0 Å². The molecular weight excluding hydrogens is 148 g/mol. The molecule has 1 fully saturated rings. The first-order valence-electron chi connectivity index (χ1n) is 5.47. The summed E-state index contributed by atoms with van der Waals surface area (Å²) in [5.74, 6) is 1.84. The summed E-state index contributed by atoms with van der Waals surface area (Å²) >= 11 is 0. The maximum absolute atomic E-state index is 8.79. The minimum atomic E-state index is 0.392. The Morgan fingerprint density at radius 1 is 1.00 bits per heavy atom. The van der Waals surface area contributed by atoms with Gasteiger partial charge in [0.15, 0.2) is 0 Å². The number of hydrogen-bond donors (Lipinski definition) is 1. The van der Waals surface area contributed by atoms with E-state index in [2.05, 4.69) is 6.92 Å². The van der Waals surface area contributed by atoms with Crippen LogP contribution < -0.4 is 0 Å². The Balaban J connectivity index is 2.11. The molecule has 0 unspecified atom stereocenters. The van der Waals surface area contributed by atoms with Crippen LogP contribution in [-0.4, -0.2) is 11.7 Å². The third-order valence-electron chi connectivity index (χ3n) is 3.20. The second-order valence-electron chi connectivity index (χ2n) is 4.19. The summed E-state index contributed by atoms with van der Waals surface area (Å²) in [6.45, 7) is 2.67. The summed E-state index contributed by atoms with van der Waals surface area (Å²) in [5.41, 5.74) is 0. The highest BCUT2D eigenvalue weighted by molar-refractivity contribution is 4.71. The predicted molar refractivity (Wildman–Crippen MR) is 52.1 cm³/mol. The normalized spacial score (nSPS) is 30.5. The van der Waals surface area contributed by atoms with Crippen molar-refractivity contribution in [2.24, 2.45) is 11.8 Å². The summed E-state index contributed by atoms with van der Waals surface area (Å²) in [6.07, 6.45) is 9.37. The van der Waals surface area contributed by atoms with E-state index in [0.29, 0.717) is 6.61 Å². The predicted octanol–water partition coefficient (Wildman–Crippen LogP) is 2.98. The van der Waals surface area contributed by atoms with Gasteiger partial charge in [-0.1, -0.05) is 45.4 Å². The monoisotopic (exact) mass is 170 g/mol. The molecule has 0 bridgehead atoms. The average Bonchev–Trinajstić information content (AvgIpc) is 2.09. The molecule has 1 aliphatic rings. The van der Waals surface area contributed by atoms with Gasteiger partial charge in [0.25, 0.3) is 0 Å². The Bertz CT molecular complexity index is 89.6. The number of rotatable bonds is 4. The van der Waals surface area contributed by atoms with E-state index in [4.69, 9.17) is 5.11 Å². The van der Waals surface area contributed by atoms with Gasteiger partial charge in [-0.15, -0.1) is 0 Å². The molecule has 1 aliphatic carbocycles. The summed E-state index contributed by atoms with van der Waals surface area (Å²) in [6, 6.07) is 0. The Morgan fingerprint density at radius 2 is 1.50 bits per heavy atom. The highest BCUT2D eigenvalue weighted by Crippen LogP contribution is 2.32. The van der Waals surface area contributed by atoms with E-state index in [1.54, 1.807) is 0 Å². The van der Waals surface area contributed by atoms with Crippen molar-refractivity contribution in [3.8, 4) is 0 Å². The standard InChI is InChI=1S/C11H22O/c1-2-3-10-4-6-11(7-5-10)8-9-12/h10-12H,2-9H2,1H3/t10-,11-. The van der Waals surface area contributed by atoms with Gasteiger partial charge in [-0.2, -0.15) is 0 Å². The lowest BCUT2D eigenvalue weighted by atomic mass is 9.79. The van der Waals surface area contributed by atoms with Crippen molar-refractivity contribution in [3.63, 3.8) is 0 Å². The summed E-state index contributed by atoms with van der Waals surface area (Å²) in [5, 5.41) is 8.79. The highest BCUT2D eigenvalue weighted by Gasteiger charge is 2.19. The molecule has 0 atom stereocenters. The van der Waals surface area contributed by atoms with Gasteiger partial charge in [0, 0.05) is 6.61 Å². The van der Waals surface area contributed by atoms with Crippen LogP contribution in [0.15, 0.2) is 0 Å². The van der Waals surface area contributed by atoms with Crippen molar-refractivity contribution in [2.45, 2.75) is 51.9 Å². The van der Waals surface area contributed by atoms with Gasteiger partial charge in [0.05, 0.1) is 0 Å². The smallest absolute Gasteiger partial charge is 0.0433 e. The summed E-state index contributed by atoms with van der Waals surface area (Å²) in [4.78, 5) is 0. The van der Waals surface area contributed by atoms with Crippen LogP contribution in [0, 0.1) is 11.8 Å². The third kappa shape index (κ3) is 3.14. The lowest BCUT2D eigenvalue weighted by Gasteiger charge is -2.27. The molecule has 0 radical (unpaired) electrons. The fourth-order valence-electron chi connectivity index (χ4n) is 2.40. The fraction of sp³-hybridized carbons (Fsp3) is 1.00. The van der Waals surface area contributed by atoms with Gasteiger partial charge < -0.3 is 5.11 Å². The molecule has 0 aromatic rings. The second kappa shape index (κ2) is 5.58. The van der Waals surface area contributed by atoms with Crippen LogP contribution in [-0.2, 0) is 0 Å². The molecule has 1 N–H and O–H groups in total. The molecule has 0 aliphatic heterocycles. The Morgan fingerprint density at radius 3 is 1.92 bits per heavy atom. The van der Waals surface area contributed by atoms with Crippen LogP contribution in [0.2, 0.25) is 0 Å². The molecule has 0 aromatic carbocycles. The molecule has 0 heterocycles. The van der Waals surface area contributed by atoms with Crippen LogP contribution in [0.3, 0.4) is 0 Å². The zero-order chi connectivity index (χ0) is 8.81. The van der Waals surface area contributed by atoms with Crippen molar-refractivity contribution < 1.29 is 5.11 Å². The Labute approximate surface area is 76.2 Å². The SMILES string of the molecule is CCC[C@H]1CC[C@H](CCO)CC1. The van der Waals surface area contributed by atoms with Crippen LogP contribution in [0.1, 0.15) is 51.9 Å². The lowest BCUT2D eigenvalue weighted by Crippen LogP contribution is -2.15. The Hall–Kier alpha value is -0.0400. The van der Waals surface area contributed by atoms with Crippen molar-refractivity contribution in [1.82, 2.24) is 0 Å². The molecule has 1 saturated carbocycles. The molecular formula is C11H22O. The van der Waals surface area contributed by atoms with Gasteiger partial charge in [-0.3, -0.25) is 0 Å². The molecule has 0 aromatic heterocycles. The van der Waals surface area contributed by atoms with Gasteiger partial charge >= 0.3 is 0 Å². The minimum absolute atomic E-state index is 0.392. The van der Waals surface area contributed by atoms with Crippen molar-refractivity contribution in [3.05, 3.63) is 0 Å². The molecule has 1 heteroatoms. The van der Waals surface area contributed by atoms with E-state index in [1.807, 2.05) is 0 Å². The van der Waals surface area contributed by atoms with E-state index in [1.165, 1.54) is 38.5 Å². The van der Waals surface area contributed by atoms with E-state index in [-0.39, 0.29) is 0 Å². The first-order chi connectivity index (χ1) is 5.86. The van der Waals surface area contributed by atoms with Gasteiger partial charge in [-0.05, 0) is 18.3 Å². The average molecular weight is 170 g/mol. The van der Waals surface area contributed by atoms with Gasteiger partial charge in [-0.25, -0.2) is 0 Å². The third-order valence-corrected chi connectivity index (χ3v) is 3.20. The fourth-order valence-corrected chi connectivity index (χ4v) is 2.40. The Kier molecular flexibility index (Phi) is 4.67. The van der Waals surface area contributed by atoms with Crippen molar-refractivity contribution >= 4 is 0 Å². The van der Waals surface area contributed by atoms with Crippen LogP contribution in [0.25, 0.3) is 0 Å². The number of aliphatic hydroxyl groups excluding tert-OH is 1. The van der Waals surface area contributed by atoms with E-state index in [9.17, 15) is 0 Å². The molecule has 0 spiro atoms. The molecule has 1 rings (SSSR count). The van der Waals surface area contributed by atoms with E-state index >= 15 is 0 Å². The number of aliphatic hydroxyl groups is 1. The quantitative estimate of drug-likeness (QED) is 0.687. The number of hydrogen-bond acceptors (Lipinski definition) is 1. The maximum atomic E-state index is 8.79. The first kappa shape index (κ1) is 10.0. The second-order valence-corrected chi connectivity index (χ2v) is 4.19. The molecule has 0 amide bonds.